The standard InChI is InChI=1S/C12H3F17O3/c13-5(8(17,18)19,4-2-1-3-30-4)31-12(28,29)7(16,10(23,24)25)32-11(26,27)6(14,15)9(20,21)22/h1-3H. The predicted octanol–water partition coefficient (Wildman–Crippen LogP) is 6.61. The van der Waals surface area contributed by atoms with E-state index in [2.05, 4.69) is 9.15 Å². The Morgan fingerprint density at radius 2 is 1.03 bits per heavy atom. The lowest BCUT2D eigenvalue weighted by molar-refractivity contribution is -0.555. The molecule has 0 saturated carbocycles. The van der Waals surface area contributed by atoms with Crippen LogP contribution in [0.15, 0.2) is 22.8 Å². The predicted molar refractivity (Wildman–Crippen MR) is 60.5 cm³/mol. The third-order valence-electron chi connectivity index (χ3n) is 3.20. The van der Waals surface area contributed by atoms with Crippen molar-refractivity contribution in [3.05, 3.63) is 24.2 Å². The first-order chi connectivity index (χ1) is 13.8. The zero-order chi connectivity index (χ0) is 25.8. The molecule has 0 radical (unpaired) electrons. The molecule has 20 heteroatoms. The zero-order valence-electron chi connectivity index (χ0n) is 13.9. The summed E-state index contributed by atoms with van der Waals surface area (Å²) in [5.41, 5.74) is 0. The molecule has 0 aromatic carbocycles. The van der Waals surface area contributed by atoms with E-state index in [1.54, 1.807) is 0 Å². The first-order valence-electron chi connectivity index (χ1n) is 6.92. The van der Waals surface area contributed by atoms with Crippen molar-refractivity contribution in [2.75, 3.05) is 0 Å². The lowest BCUT2D eigenvalue weighted by Crippen LogP contribution is -2.66. The summed E-state index contributed by atoms with van der Waals surface area (Å²) in [6, 6.07) is 0.0578. The second kappa shape index (κ2) is 7.52. The van der Waals surface area contributed by atoms with Crippen LogP contribution in [0.4, 0.5) is 74.6 Å². The van der Waals surface area contributed by atoms with Crippen molar-refractivity contribution in [3.8, 4) is 0 Å². The average molecular weight is 518 g/mol. The molecule has 0 fully saturated rings. The van der Waals surface area contributed by atoms with Gasteiger partial charge in [0, 0.05) is 0 Å². The Kier molecular flexibility index (Phi) is 6.59. The highest BCUT2D eigenvalue weighted by atomic mass is 19.4. The Bertz CT molecular complexity index is 776. The Balaban J connectivity index is 3.63. The van der Waals surface area contributed by atoms with Gasteiger partial charge in [-0.15, -0.1) is 0 Å². The van der Waals surface area contributed by atoms with Crippen LogP contribution >= 0.6 is 0 Å². The lowest BCUT2D eigenvalue weighted by Gasteiger charge is -2.40. The molecule has 1 aromatic heterocycles. The minimum absolute atomic E-state index is 0.0812. The molecule has 0 bridgehead atoms. The maximum Gasteiger partial charge on any atom is 0.462 e. The Hall–Kier alpha value is -1.99. The molecule has 32 heavy (non-hydrogen) atoms. The van der Waals surface area contributed by atoms with E-state index in [0.717, 1.165) is 0 Å². The van der Waals surface area contributed by atoms with E-state index < -0.39 is 54.1 Å². The fourth-order valence-electron chi connectivity index (χ4n) is 1.64. The summed E-state index contributed by atoms with van der Waals surface area (Å²) in [6.45, 7) is 0. The van der Waals surface area contributed by atoms with Gasteiger partial charge in [0.05, 0.1) is 6.26 Å². The van der Waals surface area contributed by atoms with Gasteiger partial charge < -0.3 is 4.42 Å². The van der Waals surface area contributed by atoms with Crippen molar-refractivity contribution in [3.63, 3.8) is 0 Å². The first kappa shape index (κ1) is 28.0. The van der Waals surface area contributed by atoms with Crippen molar-refractivity contribution in [1.82, 2.24) is 0 Å². The summed E-state index contributed by atoms with van der Waals surface area (Å²) in [5.74, 6) is -24.5. The molecule has 3 nitrogen and oxygen atoms in total. The average Bonchev–Trinajstić information content (AvgIpc) is 3.05. The smallest absolute Gasteiger partial charge is 0.462 e. The SMILES string of the molecule is FC(F)(F)C(F)(OC(F)(F)C(F)(OC(F)(F)C(F)(F)C(F)(F)F)C(F)(F)F)c1ccco1. The fourth-order valence-corrected chi connectivity index (χ4v) is 1.64. The number of alkyl halides is 17. The van der Waals surface area contributed by atoms with Gasteiger partial charge in [-0.1, -0.05) is 0 Å². The quantitative estimate of drug-likeness (QED) is 0.381. The number of ether oxygens (including phenoxy) is 2. The van der Waals surface area contributed by atoms with Crippen molar-refractivity contribution < 1.29 is 88.5 Å². The Morgan fingerprint density at radius 1 is 0.562 bits per heavy atom. The van der Waals surface area contributed by atoms with Crippen LogP contribution in [0.2, 0.25) is 0 Å². The van der Waals surface area contributed by atoms with Gasteiger partial charge in [-0.25, -0.2) is 0 Å². The van der Waals surface area contributed by atoms with Gasteiger partial charge in [-0.2, -0.15) is 74.6 Å². The van der Waals surface area contributed by atoms with Gasteiger partial charge in [-0.05, 0) is 12.1 Å². The zero-order valence-corrected chi connectivity index (χ0v) is 13.9. The molecule has 1 heterocycles. The maximum absolute atomic E-state index is 14.1. The normalized spacial score (nSPS) is 18.9. The molecule has 0 spiro atoms. The number of hydrogen-bond donors (Lipinski definition) is 0. The summed E-state index contributed by atoms with van der Waals surface area (Å²) in [7, 11) is 0. The van der Waals surface area contributed by atoms with Crippen molar-refractivity contribution in [1.29, 1.82) is 0 Å². The molecule has 0 aliphatic rings. The highest BCUT2D eigenvalue weighted by Gasteiger charge is 2.85. The minimum Gasteiger partial charge on any atom is -0.463 e. The summed E-state index contributed by atoms with van der Waals surface area (Å²) >= 11 is 0. The van der Waals surface area contributed by atoms with Gasteiger partial charge in [-0.3, -0.25) is 9.47 Å². The highest BCUT2D eigenvalue weighted by molar-refractivity contribution is 5.10. The first-order valence-corrected chi connectivity index (χ1v) is 6.92. The summed E-state index contributed by atoms with van der Waals surface area (Å²) in [4.78, 5) is 0. The maximum atomic E-state index is 14.1. The van der Waals surface area contributed by atoms with Crippen LogP contribution in [0.3, 0.4) is 0 Å². The number of furan rings is 1. The monoisotopic (exact) mass is 518 g/mol. The van der Waals surface area contributed by atoms with Gasteiger partial charge in [0.2, 0.25) is 0 Å². The molecule has 1 aromatic rings. The molecule has 188 valence electrons. The Labute approximate surface area is 162 Å². The van der Waals surface area contributed by atoms with Crippen LogP contribution in [0.1, 0.15) is 5.76 Å². The van der Waals surface area contributed by atoms with E-state index in [0.29, 0.717) is 0 Å². The Morgan fingerprint density at radius 3 is 1.34 bits per heavy atom. The van der Waals surface area contributed by atoms with Gasteiger partial charge >= 0.3 is 48.4 Å². The van der Waals surface area contributed by atoms with Crippen LogP contribution in [0, 0.1) is 0 Å². The van der Waals surface area contributed by atoms with Gasteiger partial charge in [0.1, 0.15) is 0 Å². The van der Waals surface area contributed by atoms with E-state index in [9.17, 15) is 74.6 Å². The van der Waals surface area contributed by atoms with Gasteiger partial charge in [0.15, 0.2) is 5.76 Å². The number of halogens is 17. The molecule has 0 saturated heterocycles. The third kappa shape index (κ3) is 4.42. The summed E-state index contributed by atoms with van der Waals surface area (Å²) in [5, 5.41) is 0. The van der Waals surface area contributed by atoms with Crippen molar-refractivity contribution >= 4 is 0 Å². The fraction of sp³-hybridized carbons (Fsp3) is 0.667. The second-order valence-electron chi connectivity index (χ2n) is 5.47. The van der Waals surface area contributed by atoms with Crippen molar-refractivity contribution in [2.45, 2.75) is 48.4 Å². The summed E-state index contributed by atoms with van der Waals surface area (Å²) < 4.78 is 226. The molecular formula is C12H3F17O3. The highest BCUT2D eigenvalue weighted by Crippen LogP contribution is 2.57. The van der Waals surface area contributed by atoms with E-state index in [1.165, 1.54) is 4.74 Å². The van der Waals surface area contributed by atoms with Crippen LogP contribution in [-0.2, 0) is 15.3 Å². The molecule has 2 unspecified atom stereocenters. The van der Waals surface area contributed by atoms with Gasteiger partial charge in [0.25, 0.3) is 0 Å². The van der Waals surface area contributed by atoms with Crippen LogP contribution in [-0.4, -0.2) is 42.5 Å². The van der Waals surface area contributed by atoms with Crippen LogP contribution in [0.5, 0.6) is 0 Å². The van der Waals surface area contributed by atoms with E-state index in [1.807, 2.05) is 0 Å². The largest absolute Gasteiger partial charge is 0.463 e. The molecule has 1 rings (SSSR count). The molecule has 0 amide bonds. The molecule has 0 aliphatic heterocycles. The van der Waals surface area contributed by atoms with E-state index in [-0.39, 0.29) is 18.4 Å². The lowest BCUT2D eigenvalue weighted by atomic mass is 10.2. The molecule has 2 atom stereocenters. The minimum atomic E-state index is -7.91. The van der Waals surface area contributed by atoms with E-state index in [4.69, 9.17) is 0 Å². The van der Waals surface area contributed by atoms with Crippen molar-refractivity contribution in [2.24, 2.45) is 0 Å². The summed E-state index contributed by atoms with van der Waals surface area (Å²) in [6.07, 6.45) is -37.7. The molecular weight excluding hydrogens is 515 g/mol. The third-order valence-corrected chi connectivity index (χ3v) is 3.20. The second-order valence-corrected chi connectivity index (χ2v) is 5.47. The topological polar surface area (TPSA) is 31.6 Å². The molecule has 0 N–H and O–H groups in total. The van der Waals surface area contributed by atoms with E-state index >= 15 is 0 Å². The number of rotatable bonds is 7. The van der Waals surface area contributed by atoms with Crippen LogP contribution in [0.25, 0.3) is 0 Å². The number of hydrogen-bond acceptors (Lipinski definition) is 3. The van der Waals surface area contributed by atoms with Crippen LogP contribution < -0.4 is 0 Å². The molecule has 0 aliphatic carbocycles.